The number of benzene rings is 1. The summed E-state index contributed by atoms with van der Waals surface area (Å²) in [6.07, 6.45) is 2.85. The number of hydrogen-bond acceptors (Lipinski definition) is 2. The highest BCUT2D eigenvalue weighted by Crippen LogP contribution is 2.22. The summed E-state index contributed by atoms with van der Waals surface area (Å²) in [5, 5.41) is 6.30. The molecule has 0 atom stereocenters. The van der Waals surface area contributed by atoms with Gasteiger partial charge in [-0.1, -0.05) is 32.4 Å². The number of carbonyl (C=O) groups excluding carboxylic acids is 1. The topological polar surface area (TPSA) is 41.1 Å². The third-order valence-corrected chi connectivity index (χ3v) is 4.10. The van der Waals surface area contributed by atoms with Crippen LogP contribution in [-0.2, 0) is 0 Å². The molecule has 0 heterocycles. The van der Waals surface area contributed by atoms with E-state index in [9.17, 15) is 4.79 Å². The summed E-state index contributed by atoms with van der Waals surface area (Å²) >= 11 is 0. The SMILES string of the molecule is CCC(CC)(CC)NC(=O)c1cc(C)ccc1NC. The molecule has 0 fully saturated rings. The minimum atomic E-state index is -0.0914. The lowest BCUT2D eigenvalue weighted by Crippen LogP contribution is -2.47. The number of rotatable bonds is 6. The summed E-state index contributed by atoms with van der Waals surface area (Å²) in [6.45, 7) is 8.39. The van der Waals surface area contributed by atoms with E-state index in [4.69, 9.17) is 0 Å². The van der Waals surface area contributed by atoms with Crippen LogP contribution in [-0.4, -0.2) is 18.5 Å². The number of aryl methyl sites for hydroxylation is 1. The Morgan fingerprint density at radius 3 is 2.21 bits per heavy atom. The molecule has 0 radical (unpaired) electrons. The van der Waals surface area contributed by atoms with Crippen LogP contribution in [0.15, 0.2) is 18.2 Å². The van der Waals surface area contributed by atoms with Crippen LogP contribution < -0.4 is 10.6 Å². The number of amides is 1. The Morgan fingerprint density at radius 2 is 1.74 bits per heavy atom. The van der Waals surface area contributed by atoms with Crippen molar-refractivity contribution < 1.29 is 4.79 Å². The van der Waals surface area contributed by atoms with Crippen LogP contribution in [0.4, 0.5) is 5.69 Å². The van der Waals surface area contributed by atoms with Crippen LogP contribution in [0.3, 0.4) is 0 Å². The quantitative estimate of drug-likeness (QED) is 0.820. The third kappa shape index (κ3) is 3.49. The van der Waals surface area contributed by atoms with Gasteiger partial charge in [-0.05, 0) is 38.3 Å². The monoisotopic (exact) mass is 262 g/mol. The summed E-state index contributed by atoms with van der Waals surface area (Å²) in [5.41, 5.74) is 2.60. The largest absolute Gasteiger partial charge is 0.387 e. The van der Waals surface area contributed by atoms with Gasteiger partial charge in [0.1, 0.15) is 0 Å². The van der Waals surface area contributed by atoms with Gasteiger partial charge in [-0.15, -0.1) is 0 Å². The zero-order valence-electron chi connectivity index (χ0n) is 12.8. The van der Waals surface area contributed by atoms with Crippen LogP contribution in [0.1, 0.15) is 56.0 Å². The molecule has 19 heavy (non-hydrogen) atoms. The fourth-order valence-corrected chi connectivity index (χ4v) is 2.39. The zero-order valence-corrected chi connectivity index (χ0v) is 12.8. The molecule has 1 rings (SSSR count). The van der Waals surface area contributed by atoms with Crippen molar-refractivity contribution in [3.8, 4) is 0 Å². The first-order valence-electron chi connectivity index (χ1n) is 7.12. The Labute approximate surface area is 116 Å². The molecule has 0 bridgehead atoms. The lowest BCUT2D eigenvalue weighted by atomic mass is 9.89. The summed E-state index contributed by atoms with van der Waals surface area (Å²) in [4.78, 5) is 12.5. The van der Waals surface area contributed by atoms with Gasteiger partial charge >= 0.3 is 0 Å². The summed E-state index contributed by atoms with van der Waals surface area (Å²) in [7, 11) is 1.84. The van der Waals surface area contributed by atoms with Crippen molar-refractivity contribution >= 4 is 11.6 Å². The van der Waals surface area contributed by atoms with Gasteiger partial charge in [0.15, 0.2) is 0 Å². The zero-order chi connectivity index (χ0) is 14.5. The second kappa shape index (κ2) is 6.60. The van der Waals surface area contributed by atoms with Gasteiger partial charge in [-0.25, -0.2) is 0 Å². The molecule has 3 heteroatoms. The van der Waals surface area contributed by atoms with Crippen LogP contribution in [0.5, 0.6) is 0 Å². The van der Waals surface area contributed by atoms with Gasteiger partial charge in [0.2, 0.25) is 0 Å². The second-order valence-electron chi connectivity index (χ2n) is 5.09. The lowest BCUT2D eigenvalue weighted by molar-refractivity contribution is 0.0889. The molecule has 1 amide bonds. The molecular weight excluding hydrogens is 236 g/mol. The van der Waals surface area contributed by atoms with Gasteiger partial charge in [0.05, 0.1) is 5.56 Å². The van der Waals surface area contributed by atoms with Crippen LogP contribution in [0.2, 0.25) is 0 Å². The van der Waals surface area contributed by atoms with E-state index in [1.165, 1.54) is 0 Å². The van der Waals surface area contributed by atoms with E-state index in [-0.39, 0.29) is 11.4 Å². The Balaban J connectivity index is 3.03. The summed E-state index contributed by atoms with van der Waals surface area (Å²) in [5.74, 6) is 0.0126. The normalized spacial score (nSPS) is 11.2. The van der Waals surface area contributed by atoms with Crippen LogP contribution >= 0.6 is 0 Å². The molecule has 0 saturated heterocycles. The highest BCUT2D eigenvalue weighted by atomic mass is 16.1. The van der Waals surface area contributed by atoms with Crippen molar-refractivity contribution in [3.63, 3.8) is 0 Å². The van der Waals surface area contributed by atoms with E-state index in [1.807, 2.05) is 32.2 Å². The highest BCUT2D eigenvalue weighted by Gasteiger charge is 2.27. The number of hydrogen-bond donors (Lipinski definition) is 2. The van der Waals surface area contributed by atoms with Crippen molar-refractivity contribution in [1.82, 2.24) is 5.32 Å². The van der Waals surface area contributed by atoms with Gasteiger partial charge in [-0.3, -0.25) is 4.79 Å². The first-order chi connectivity index (χ1) is 9.01. The Morgan fingerprint density at radius 1 is 1.16 bits per heavy atom. The van der Waals surface area contributed by atoms with Gasteiger partial charge in [0.25, 0.3) is 5.91 Å². The molecule has 0 aromatic heterocycles. The van der Waals surface area contributed by atoms with Crippen LogP contribution in [0.25, 0.3) is 0 Å². The van der Waals surface area contributed by atoms with Gasteiger partial charge < -0.3 is 10.6 Å². The molecule has 0 unspecified atom stereocenters. The van der Waals surface area contributed by atoms with Gasteiger partial charge in [-0.2, -0.15) is 0 Å². The molecular formula is C16H26N2O. The molecule has 0 aliphatic carbocycles. The van der Waals surface area contributed by atoms with E-state index in [1.54, 1.807) is 0 Å². The van der Waals surface area contributed by atoms with E-state index in [0.29, 0.717) is 0 Å². The maximum absolute atomic E-state index is 12.5. The van der Waals surface area contributed by atoms with E-state index in [2.05, 4.69) is 31.4 Å². The number of carbonyl (C=O) groups is 1. The maximum Gasteiger partial charge on any atom is 0.253 e. The van der Waals surface area contributed by atoms with Crippen molar-refractivity contribution in [2.24, 2.45) is 0 Å². The Kier molecular flexibility index (Phi) is 5.40. The first-order valence-corrected chi connectivity index (χ1v) is 7.12. The summed E-state index contributed by atoms with van der Waals surface area (Å²) in [6, 6.07) is 5.90. The van der Waals surface area contributed by atoms with E-state index in [0.717, 1.165) is 36.1 Å². The van der Waals surface area contributed by atoms with Gasteiger partial charge in [0, 0.05) is 18.3 Å². The van der Waals surface area contributed by atoms with E-state index < -0.39 is 0 Å². The predicted octanol–water partition coefficient (Wildman–Crippen LogP) is 3.74. The molecule has 1 aromatic carbocycles. The minimum absolute atomic E-state index is 0.0126. The average Bonchev–Trinajstić information content (AvgIpc) is 2.44. The summed E-state index contributed by atoms with van der Waals surface area (Å²) < 4.78 is 0. The molecule has 0 aliphatic heterocycles. The fraction of sp³-hybridized carbons (Fsp3) is 0.562. The van der Waals surface area contributed by atoms with Crippen LogP contribution in [0, 0.1) is 6.92 Å². The van der Waals surface area contributed by atoms with Crippen molar-refractivity contribution in [2.75, 3.05) is 12.4 Å². The predicted molar refractivity (Wildman–Crippen MR) is 81.8 cm³/mol. The van der Waals surface area contributed by atoms with E-state index >= 15 is 0 Å². The second-order valence-corrected chi connectivity index (χ2v) is 5.09. The highest BCUT2D eigenvalue weighted by molar-refractivity contribution is 6.00. The maximum atomic E-state index is 12.5. The first kappa shape index (κ1) is 15.5. The number of nitrogens with one attached hydrogen (secondary N) is 2. The molecule has 0 spiro atoms. The Hall–Kier alpha value is -1.51. The molecule has 3 nitrogen and oxygen atoms in total. The Bertz CT molecular complexity index is 428. The molecule has 0 saturated carbocycles. The van der Waals surface area contributed by atoms with Crippen molar-refractivity contribution in [2.45, 2.75) is 52.5 Å². The van der Waals surface area contributed by atoms with Crippen molar-refractivity contribution in [1.29, 1.82) is 0 Å². The molecule has 106 valence electrons. The molecule has 1 aromatic rings. The third-order valence-electron chi connectivity index (χ3n) is 4.10. The fourth-order valence-electron chi connectivity index (χ4n) is 2.39. The average molecular weight is 262 g/mol. The molecule has 2 N–H and O–H groups in total. The molecule has 0 aliphatic rings. The van der Waals surface area contributed by atoms with Crippen molar-refractivity contribution in [3.05, 3.63) is 29.3 Å². The standard InChI is InChI=1S/C16H26N2O/c1-6-16(7-2,8-3)18-15(19)13-11-12(4)9-10-14(13)17-5/h9-11,17H,6-8H2,1-5H3,(H,18,19). The minimum Gasteiger partial charge on any atom is -0.387 e. The smallest absolute Gasteiger partial charge is 0.253 e. The number of anilines is 1. The lowest BCUT2D eigenvalue weighted by Gasteiger charge is -2.32.